The first-order valence-electron chi connectivity index (χ1n) is 14.8. The van der Waals surface area contributed by atoms with E-state index < -0.39 is 5.91 Å². The van der Waals surface area contributed by atoms with Crippen LogP contribution in [0, 0.1) is 13.8 Å². The van der Waals surface area contributed by atoms with E-state index in [-0.39, 0.29) is 12.4 Å². The molecule has 0 bridgehead atoms. The fourth-order valence-corrected chi connectivity index (χ4v) is 4.94. The Hall–Kier alpha value is -5.50. The van der Waals surface area contributed by atoms with Crippen LogP contribution in [0.5, 0.6) is 17.2 Å². The Labute approximate surface area is 263 Å². The van der Waals surface area contributed by atoms with Crippen LogP contribution in [0.3, 0.4) is 0 Å². The highest BCUT2D eigenvalue weighted by atomic mass is 16.5. The van der Waals surface area contributed by atoms with Crippen molar-refractivity contribution in [2.75, 3.05) is 6.61 Å². The molecule has 0 saturated carbocycles. The predicted molar refractivity (Wildman–Crippen MR) is 176 cm³/mol. The minimum absolute atomic E-state index is 0.131. The maximum absolute atomic E-state index is 12.7. The average Bonchev–Trinajstić information content (AvgIpc) is 3.66. The third kappa shape index (κ3) is 7.92. The molecule has 0 fully saturated rings. The van der Waals surface area contributed by atoms with E-state index in [0.717, 1.165) is 22.4 Å². The predicted octanol–water partition coefficient (Wildman–Crippen LogP) is 7.74. The lowest BCUT2D eigenvalue weighted by Gasteiger charge is -2.16. The molecule has 0 aliphatic rings. The van der Waals surface area contributed by atoms with Gasteiger partial charge in [-0.15, -0.1) is 6.58 Å². The summed E-state index contributed by atoms with van der Waals surface area (Å²) < 4.78 is 25.8. The molecule has 45 heavy (non-hydrogen) atoms. The van der Waals surface area contributed by atoms with Crippen molar-refractivity contribution in [2.24, 2.45) is 5.10 Å². The highest BCUT2D eigenvalue weighted by Crippen LogP contribution is 2.34. The molecule has 1 N–H and O–H groups in total. The Morgan fingerprint density at radius 1 is 0.911 bits per heavy atom. The lowest BCUT2D eigenvalue weighted by atomic mass is 10.1. The van der Waals surface area contributed by atoms with Gasteiger partial charge in [-0.05, 0) is 99.0 Å². The van der Waals surface area contributed by atoms with Crippen LogP contribution in [-0.4, -0.2) is 23.3 Å². The van der Waals surface area contributed by atoms with Gasteiger partial charge in [0, 0.05) is 22.6 Å². The molecular weight excluding hydrogens is 566 g/mol. The summed E-state index contributed by atoms with van der Waals surface area (Å²) in [4.78, 5) is 12.7. The third-order valence-corrected chi connectivity index (χ3v) is 7.06. The summed E-state index contributed by atoms with van der Waals surface area (Å²) in [6.45, 7) is 11.0. The van der Waals surface area contributed by atoms with E-state index in [0.29, 0.717) is 42.6 Å². The zero-order valence-electron chi connectivity index (χ0n) is 25.8. The van der Waals surface area contributed by atoms with Crippen LogP contribution >= 0.6 is 0 Å². The van der Waals surface area contributed by atoms with E-state index in [2.05, 4.69) is 47.7 Å². The molecule has 1 amide bonds. The maximum Gasteiger partial charge on any atom is 0.307 e. The first-order valence-corrected chi connectivity index (χ1v) is 14.8. The lowest BCUT2D eigenvalue weighted by molar-refractivity contribution is 0.0923. The number of amides is 1. The summed E-state index contributed by atoms with van der Waals surface area (Å²) in [5.41, 5.74) is 8.63. The highest BCUT2D eigenvalue weighted by Gasteiger charge is 2.14. The van der Waals surface area contributed by atoms with E-state index >= 15 is 0 Å². The number of ether oxygens (including phenoxy) is 3. The number of carbonyl (C=O) groups excluding carboxylic acids is 1. The van der Waals surface area contributed by atoms with E-state index in [1.807, 2.05) is 79.7 Å². The van der Waals surface area contributed by atoms with Gasteiger partial charge in [-0.2, -0.15) is 5.10 Å². The fraction of sp³-hybridized carbons (Fsp3) is 0.189. The number of nitrogens with one attached hydrogen (secondary N) is 1. The Kier molecular flexibility index (Phi) is 10.2. The van der Waals surface area contributed by atoms with Crippen LogP contribution in [0.15, 0.2) is 113 Å². The highest BCUT2D eigenvalue weighted by molar-refractivity contribution is 5.92. The number of hydrogen-bond donors (Lipinski definition) is 1. The van der Waals surface area contributed by atoms with Gasteiger partial charge < -0.3 is 23.2 Å². The van der Waals surface area contributed by atoms with Crippen LogP contribution in [0.1, 0.15) is 51.3 Å². The molecule has 0 unspecified atom stereocenters. The molecule has 230 valence electrons. The van der Waals surface area contributed by atoms with Crippen LogP contribution < -0.4 is 19.6 Å². The van der Waals surface area contributed by atoms with Crippen LogP contribution in [-0.2, 0) is 19.6 Å². The third-order valence-electron chi connectivity index (χ3n) is 7.06. The summed E-state index contributed by atoms with van der Waals surface area (Å²) in [5, 5.41) is 4.15. The Morgan fingerprint density at radius 2 is 1.67 bits per heavy atom. The largest absolute Gasteiger partial charge is 0.490 e. The summed E-state index contributed by atoms with van der Waals surface area (Å²) in [5.74, 6) is 2.14. The van der Waals surface area contributed by atoms with Gasteiger partial charge in [0.1, 0.15) is 24.7 Å². The lowest BCUT2D eigenvalue weighted by Crippen LogP contribution is -2.16. The number of aromatic nitrogens is 1. The molecule has 0 saturated heterocycles. The number of benzene rings is 3. The minimum atomic E-state index is -0.474. The first-order chi connectivity index (χ1) is 21.9. The van der Waals surface area contributed by atoms with Crippen molar-refractivity contribution in [3.05, 3.63) is 143 Å². The van der Waals surface area contributed by atoms with Gasteiger partial charge in [-0.3, -0.25) is 4.79 Å². The average molecular weight is 604 g/mol. The van der Waals surface area contributed by atoms with Crippen LogP contribution in [0.2, 0.25) is 0 Å². The smallest absolute Gasteiger partial charge is 0.307 e. The summed E-state index contributed by atoms with van der Waals surface area (Å²) in [6.07, 6.45) is 3.94. The first kappa shape index (κ1) is 30.9. The van der Waals surface area contributed by atoms with Crippen LogP contribution in [0.4, 0.5) is 0 Å². The van der Waals surface area contributed by atoms with Crippen molar-refractivity contribution in [2.45, 2.75) is 40.4 Å². The van der Waals surface area contributed by atoms with Crippen LogP contribution in [0.25, 0.3) is 5.69 Å². The maximum atomic E-state index is 12.7. The molecule has 8 heteroatoms. The van der Waals surface area contributed by atoms with Gasteiger partial charge in [0.2, 0.25) is 0 Å². The molecular formula is C37H37N3O5. The van der Waals surface area contributed by atoms with Gasteiger partial charge in [0.15, 0.2) is 17.3 Å². The molecule has 0 radical (unpaired) electrons. The normalized spacial score (nSPS) is 11.0. The second-order valence-corrected chi connectivity index (χ2v) is 10.4. The number of furan rings is 1. The van der Waals surface area contributed by atoms with Crippen molar-refractivity contribution in [1.82, 2.24) is 9.99 Å². The number of rotatable bonds is 14. The van der Waals surface area contributed by atoms with E-state index in [1.165, 1.54) is 11.4 Å². The van der Waals surface area contributed by atoms with Crippen molar-refractivity contribution in [3.63, 3.8) is 0 Å². The minimum Gasteiger partial charge on any atom is -0.490 e. The molecule has 0 spiro atoms. The molecule has 0 atom stereocenters. The van der Waals surface area contributed by atoms with Crippen molar-refractivity contribution < 1.29 is 23.4 Å². The Morgan fingerprint density at radius 3 is 2.38 bits per heavy atom. The second-order valence-electron chi connectivity index (χ2n) is 10.4. The number of allylic oxidation sites excluding steroid dienone is 1. The zero-order valence-corrected chi connectivity index (χ0v) is 25.8. The number of hydrogen-bond acceptors (Lipinski definition) is 6. The van der Waals surface area contributed by atoms with Gasteiger partial charge in [-0.1, -0.05) is 36.4 Å². The molecule has 0 aliphatic heterocycles. The second kappa shape index (κ2) is 14.8. The molecule has 8 nitrogen and oxygen atoms in total. The standard InChI is InChI=1S/C37H37N3O5/c1-5-10-30-21-29(22-35(42-6-2)36(30)44-24-28-11-8-7-9-12-28)23-38-39-37(41)34-20-19-33(45-34)25-43-32-17-15-31(16-18-32)40-26(3)13-14-27(40)4/h5,7-9,11-23H,1,6,10,24-25H2,2-4H3,(H,39,41)/b38-23+. The van der Waals surface area contributed by atoms with Gasteiger partial charge in [-0.25, -0.2) is 5.43 Å². The number of nitrogens with zero attached hydrogens (tertiary/aromatic N) is 2. The fourth-order valence-electron chi connectivity index (χ4n) is 4.94. The Bertz CT molecular complexity index is 1750. The molecule has 2 heterocycles. The molecule has 3 aromatic carbocycles. The van der Waals surface area contributed by atoms with E-state index in [4.69, 9.17) is 18.6 Å². The number of hydrazone groups is 1. The van der Waals surface area contributed by atoms with Crippen molar-refractivity contribution in [1.29, 1.82) is 0 Å². The van der Waals surface area contributed by atoms with Gasteiger partial charge in [0.05, 0.1) is 12.8 Å². The van der Waals surface area contributed by atoms with E-state index in [9.17, 15) is 4.79 Å². The SMILES string of the molecule is C=CCc1cc(/C=N/NC(=O)c2ccc(COc3ccc(-n4c(C)ccc4C)cc3)o2)cc(OCC)c1OCc1ccccc1. The monoisotopic (exact) mass is 603 g/mol. The van der Waals surface area contributed by atoms with E-state index in [1.54, 1.807) is 18.3 Å². The summed E-state index contributed by atoms with van der Waals surface area (Å²) in [6, 6.07) is 29.1. The topological polar surface area (TPSA) is 87.2 Å². The number of carbonyl (C=O) groups is 1. The molecule has 5 aromatic rings. The summed E-state index contributed by atoms with van der Waals surface area (Å²) in [7, 11) is 0. The summed E-state index contributed by atoms with van der Waals surface area (Å²) >= 11 is 0. The zero-order chi connectivity index (χ0) is 31.6. The quantitative estimate of drug-likeness (QED) is 0.0797. The van der Waals surface area contributed by atoms with Crippen molar-refractivity contribution >= 4 is 12.1 Å². The molecule has 5 rings (SSSR count). The molecule has 0 aliphatic carbocycles. The number of aryl methyl sites for hydroxylation is 2. The van der Waals surface area contributed by atoms with Gasteiger partial charge in [0.25, 0.3) is 0 Å². The molecule has 2 aromatic heterocycles. The Balaban J connectivity index is 1.19. The van der Waals surface area contributed by atoms with Gasteiger partial charge >= 0.3 is 5.91 Å². The van der Waals surface area contributed by atoms with Crippen molar-refractivity contribution in [3.8, 4) is 22.9 Å².